The summed E-state index contributed by atoms with van der Waals surface area (Å²) in [7, 11) is 1.69. The Morgan fingerprint density at radius 3 is 2.26 bits per heavy atom. The highest BCUT2D eigenvalue weighted by atomic mass is 35.5. The molecule has 38 heavy (non-hydrogen) atoms. The van der Waals surface area contributed by atoms with Crippen molar-refractivity contribution in [2.45, 2.75) is 89.2 Å². The molecule has 1 aromatic rings. The molecule has 2 aliphatic heterocycles. The minimum absolute atomic E-state index is 0.0447. The normalized spacial score (nSPS) is 30.6. The van der Waals surface area contributed by atoms with Crippen LogP contribution >= 0.6 is 11.6 Å². The van der Waals surface area contributed by atoms with Crippen LogP contribution in [0, 0.1) is 11.8 Å². The van der Waals surface area contributed by atoms with E-state index in [-0.39, 0.29) is 48.1 Å². The average Bonchev–Trinajstić information content (AvgIpc) is 2.93. The van der Waals surface area contributed by atoms with Crippen LogP contribution in [0.3, 0.4) is 0 Å². The van der Waals surface area contributed by atoms with E-state index in [2.05, 4.69) is 17.1 Å². The number of fused-ring (bicyclic) bond motifs is 1. The predicted molar refractivity (Wildman–Crippen MR) is 147 cm³/mol. The summed E-state index contributed by atoms with van der Waals surface area (Å²) in [5.74, 6) is 0.769. The number of ether oxygens (including phenoxy) is 3. The highest BCUT2D eigenvalue weighted by molar-refractivity contribution is 6.30. The van der Waals surface area contributed by atoms with Crippen LogP contribution in [-0.4, -0.2) is 61.3 Å². The third-order valence-electron chi connectivity index (χ3n) is 8.61. The van der Waals surface area contributed by atoms with Gasteiger partial charge in [0, 0.05) is 43.2 Å². The van der Waals surface area contributed by atoms with E-state index in [1.165, 1.54) is 0 Å². The molecular weight excluding hydrogens is 502 g/mol. The van der Waals surface area contributed by atoms with Gasteiger partial charge in [0.05, 0.1) is 18.6 Å². The first-order chi connectivity index (χ1) is 18.4. The fourth-order valence-corrected chi connectivity index (χ4v) is 6.86. The van der Waals surface area contributed by atoms with Gasteiger partial charge in [-0.1, -0.05) is 23.7 Å². The molecule has 6 nitrogen and oxygen atoms in total. The van der Waals surface area contributed by atoms with E-state index in [4.69, 9.17) is 25.8 Å². The van der Waals surface area contributed by atoms with Crippen molar-refractivity contribution < 1.29 is 23.8 Å². The third-order valence-corrected chi connectivity index (χ3v) is 8.86. The fraction of sp³-hybridized carbons (Fsp3) is 0.613. The van der Waals surface area contributed by atoms with Crippen LogP contribution in [-0.2, 0) is 23.8 Å². The molecule has 5 rings (SSSR count). The summed E-state index contributed by atoms with van der Waals surface area (Å²) in [5.41, 5.74) is 3.18. The molecule has 0 spiro atoms. The molecule has 7 heteroatoms. The van der Waals surface area contributed by atoms with Crippen molar-refractivity contribution >= 4 is 23.3 Å². The molecule has 2 saturated heterocycles. The largest absolute Gasteiger partial charge is 0.381 e. The average molecular weight is 542 g/mol. The third kappa shape index (κ3) is 5.79. The van der Waals surface area contributed by atoms with Gasteiger partial charge in [-0.05, 0) is 93.4 Å². The zero-order valence-electron chi connectivity index (χ0n) is 22.7. The Kier molecular flexibility index (Phi) is 8.73. The van der Waals surface area contributed by atoms with Crippen LogP contribution in [0.2, 0.25) is 5.02 Å². The van der Waals surface area contributed by atoms with Gasteiger partial charge in [0.2, 0.25) is 5.91 Å². The molecule has 0 N–H and O–H groups in total. The van der Waals surface area contributed by atoms with Gasteiger partial charge in [-0.3, -0.25) is 9.59 Å². The first-order valence-corrected chi connectivity index (χ1v) is 14.5. The molecule has 1 amide bonds. The van der Waals surface area contributed by atoms with Crippen molar-refractivity contribution in [1.82, 2.24) is 4.90 Å². The molecule has 1 saturated carbocycles. The summed E-state index contributed by atoms with van der Waals surface area (Å²) < 4.78 is 17.4. The number of ketones is 1. The second-order valence-corrected chi connectivity index (χ2v) is 11.8. The monoisotopic (exact) mass is 541 g/mol. The van der Waals surface area contributed by atoms with E-state index < -0.39 is 0 Å². The van der Waals surface area contributed by atoms with Gasteiger partial charge >= 0.3 is 0 Å². The Hall–Kier alpha value is -1.99. The van der Waals surface area contributed by atoms with Crippen LogP contribution in [0.4, 0.5) is 0 Å². The number of piperidine rings is 1. The molecule has 0 aromatic heterocycles. The van der Waals surface area contributed by atoms with Crippen molar-refractivity contribution in [3.63, 3.8) is 0 Å². The maximum atomic E-state index is 13.8. The van der Waals surface area contributed by atoms with Crippen LogP contribution in [0.5, 0.6) is 0 Å². The topological polar surface area (TPSA) is 65.1 Å². The number of Topliss-reactive ketones (excluding diaryl/α,β-unsaturated/α-hetero) is 1. The standard InChI is InChI=1S/C31H40ClNO5/c1-19(2)38-28-18-26-23(16-27(28)36-3)17-29(34)33(30(26)20-4-8-24(32)9-5-20)25-10-6-21(7-11-25)31(35)22-12-14-37-15-13-22/h4-5,8-9,16,18-19,21-22,25,27-28,30H,6-7,10-15,17H2,1-3H3. The van der Waals surface area contributed by atoms with E-state index in [9.17, 15) is 9.59 Å². The van der Waals surface area contributed by atoms with Crippen molar-refractivity contribution in [3.05, 3.63) is 58.1 Å². The van der Waals surface area contributed by atoms with E-state index >= 15 is 0 Å². The van der Waals surface area contributed by atoms with Crippen molar-refractivity contribution in [2.75, 3.05) is 20.3 Å². The molecular formula is C31H40ClNO5. The summed E-state index contributed by atoms with van der Waals surface area (Å²) in [6.45, 7) is 5.43. The lowest BCUT2D eigenvalue weighted by Crippen LogP contribution is -2.50. The minimum Gasteiger partial charge on any atom is -0.381 e. The van der Waals surface area contributed by atoms with Gasteiger partial charge in [-0.2, -0.15) is 0 Å². The van der Waals surface area contributed by atoms with E-state index in [1.54, 1.807) is 7.11 Å². The highest BCUT2D eigenvalue weighted by Gasteiger charge is 2.44. The maximum Gasteiger partial charge on any atom is 0.228 e. The number of rotatable bonds is 7. The number of hydrogen-bond acceptors (Lipinski definition) is 5. The smallest absolute Gasteiger partial charge is 0.228 e. The number of halogens is 1. The molecule has 1 aromatic carbocycles. The lowest BCUT2D eigenvalue weighted by molar-refractivity contribution is -0.138. The van der Waals surface area contributed by atoms with E-state index in [0.29, 0.717) is 30.4 Å². The Balaban J connectivity index is 1.42. The van der Waals surface area contributed by atoms with Crippen molar-refractivity contribution in [3.8, 4) is 0 Å². The number of amides is 1. The number of benzene rings is 1. The Bertz CT molecular complexity index is 1070. The highest BCUT2D eigenvalue weighted by Crippen LogP contribution is 2.46. The van der Waals surface area contributed by atoms with Gasteiger partial charge in [-0.25, -0.2) is 0 Å². The first kappa shape index (κ1) is 27.6. The molecule has 2 heterocycles. The zero-order valence-corrected chi connectivity index (χ0v) is 23.5. The molecule has 2 aliphatic carbocycles. The van der Waals surface area contributed by atoms with Crippen LogP contribution in [0.15, 0.2) is 47.6 Å². The quantitative estimate of drug-likeness (QED) is 0.433. The Morgan fingerprint density at radius 1 is 0.974 bits per heavy atom. The number of carbonyl (C=O) groups excluding carboxylic acids is 2. The Morgan fingerprint density at radius 2 is 1.63 bits per heavy atom. The zero-order chi connectivity index (χ0) is 26.8. The second kappa shape index (κ2) is 12.0. The number of nitrogens with zero attached hydrogens (tertiary/aromatic N) is 1. The first-order valence-electron chi connectivity index (χ1n) is 14.1. The van der Waals surface area contributed by atoms with Gasteiger partial charge < -0.3 is 19.1 Å². The predicted octanol–water partition coefficient (Wildman–Crippen LogP) is 5.84. The summed E-state index contributed by atoms with van der Waals surface area (Å²) in [6.07, 6.45) is 9.23. The molecule has 0 bridgehead atoms. The minimum atomic E-state index is -0.229. The number of carbonyl (C=O) groups is 2. The van der Waals surface area contributed by atoms with E-state index in [0.717, 1.165) is 55.2 Å². The summed E-state index contributed by atoms with van der Waals surface area (Å²) in [4.78, 5) is 29.1. The number of methoxy groups -OCH3 is 1. The van der Waals surface area contributed by atoms with Gasteiger partial charge in [0.1, 0.15) is 18.0 Å². The van der Waals surface area contributed by atoms with Gasteiger partial charge in [0.15, 0.2) is 0 Å². The Labute approximate surface area is 231 Å². The van der Waals surface area contributed by atoms with Crippen molar-refractivity contribution in [1.29, 1.82) is 0 Å². The lowest BCUT2D eigenvalue weighted by Gasteiger charge is -2.47. The van der Waals surface area contributed by atoms with E-state index in [1.807, 2.05) is 38.1 Å². The second-order valence-electron chi connectivity index (χ2n) is 11.4. The molecule has 206 valence electrons. The van der Waals surface area contributed by atoms with Gasteiger partial charge in [-0.15, -0.1) is 0 Å². The summed E-state index contributed by atoms with van der Waals surface area (Å²) in [5, 5.41) is 0.670. The molecule has 3 fully saturated rings. The van der Waals surface area contributed by atoms with Gasteiger partial charge in [0.25, 0.3) is 0 Å². The SMILES string of the molecule is COC1C=C2CC(=O)N(C3CCC(C(=O)C4CCOCC4)CC3)C(c3ccc(Cl)cc3)C2=CC1OC(C)C. The summed E-state index contributed by atoms with van der Waals surface area (Å²) >= 11 is 6.25. The molecule has 3 unspecified atom stereocenters. The van der Waals surface area contributed by atoms with Crippen LogP contribution in [0.25, 0.3) is 0 Å². The fourth-order valence-electron chi connectivity index (χ4n) is 6.73. The van der Waals surface area contributed by atoms with Crippen LogP contribution < -0.4 is 0 Å². The van der Waals surface area contributed by atoms with Crippen LogP contribution in [0.1, 0.15) is 70.4 Å². The molecule has 3 atom stereocenters. The molecule has 0 radical (unpaired) electrons. The maximum absolute atomic E-state index is 13.8. The molecule has 4 aliphatic rings. The number of likely N-dealkylation sites (tertiary alicyclic amines) is 1. The number of hydrogen-bond donors (Lipinski definition) is 0. The lowest BCUT2D eigenvalue weighted by atomic mass is 9.75. The van der Waals surface area contributed by atoms with Crippen molar-refractivity contribution in [2.24, 2.45) is 11.8 Å². The summed E-state index contributed by atoms with van der Waals surface area (Å²) in [6, 6.07) is 7.71.